The fourth-order valence-corrected chi connectivity index (χ4v) is 3.19. The van der Waals surface area contributed by atoms with E-state index in [0.717, 1.165) is 42.4 Å². The number of rotatable bonds is 6. The highest BCUT2D eigenvalue weighted by Crippen LogP contribution is 2.29. The van der Waals surface area contributed by atoms with Crippen molar-refractivity contribution in [1.82, 2.24) is 9.88 Å². The number of benzene rings is 2. The fourth-order valence-electron chi connectivity index (χ4n) is 3.19. The summed E-state index contributed by atoms with van der Waals surface area (Å²) in [6, 6.07) is 22.4. The molecule has 1 fully saturated rings. The molecule has 26 heavy (non-hydrogen) atoms. The zero-order valence-electron chi connectivity index (χ0n) is 14.8. The summed E-state index contributed by atoms with van der Waals surface area (Å²) in [4.78, 5) is 6.78. The van der Waals surface area contributed by atoms with Gasteiger partial charge in [-0.3, -0.25) is 9.88 Å². The van der Waals surface area contributed by atoms with Crippen LogP contribution in [0.4, 0.5) is 0 Å². The molecule has 3 aromatic rings. The first-order valence-corrected chi connectivity index (χ1v) is 8.84. The summed E-state index contributed by atoms with van der Waals surface area (Å²) in [5.74, 6) is 1.61. The van der Waals surface area contributed by atoms with E-state index in [0.29, 0.717) is 0 Å². The van der Waals surface area contributed by atoms with Gasteiger partial charge in [-0.05, 0) is 29.8 Å². The lowest BCUT2D eigenvalue weighted by atomic mass is 10.1. The molecule has 1 aliphatic rings. The molecule has 1 saturated heterocycles. The zero-order chi connectivity index (χ0) is 17.8. The van der Waals surface area contributed by atoms with Crippen molar-refractivity contribution >= 4 is 0 Å². The largest absolute Gasteiger partial charge is 0.493 e. The van der Waals surface area contributed by atoms with Crippen LogP contribution >= 0.6 is 0 Å². The molecule has 0 spiro atoms. The molecule has 132 valence electrons. The minimum Gasteiger partial charge on any atom is -0.493 e. The number of hydrogen-bond acceptors (Lipinski definition) is 4. The van der Waals surface area contributed by atoms with Crippen LogP contribution in [0.3, 0.4) is 0 Å². The van der Waals surface area contributed by atoms with Crippen molar-refractivity contribution in [2.45, 2.75) is 12.6 Å². The third-order valence-corrected chi connectivity index (χ3v) is 4.61. The monoisotopic (exact) mass is 346 g/mol. The van der Waals surface area contributed by atoms with Gasteiger partial charge in [-0.2, -0.15) is 0 Å². The molecule has 0 N–H and O–H groups in total. The number of methoxy groups -OCH3 is 1. The number of pyridine rings is 1. The van der Waals surface area contributed by atoms with Gasteiger partial charge in [0.25, 0.3) is 0 Å². The van der Waals surface area contributed by atoms with Crippen LogP contribution in [0, 0.1) is 0 Å². The quantitative estimate of drug-likeness (QED) is 0.675. The molecule has 0 unspecified atom stereocenters. The smallest absolute Gasteiger partial charge is 0.161 e. The fraction of sp³-hybridized carbons (Fsp3) is 0.227. The molecule has 0 aliphatic carbocycles. The van der Waals surface area contributed by atoms with E-state index in [-0.39, 0.29) is 6.10 Å². The number of para-hydroxylation sites is 2. The Kier molecular flexibility index (Phi) is 4.84. The van der Waals surface area contributed by atoms with Gasteiger partial charge in [0.15, 0.2) is 11.5 Å². The van der Waals surface area contributed by atoms with Crippen molar-refractivity contribution < 1.29 is 9.47 Å². The van der Waals surface area contributed by atoms with Gasteiger partial charge in [-0.1, -0.05) is 42.5 Å². The predicted octanol–water partition coefficient (Wildman–Crippen LogP) is 4.02. The van der Waals surface area contributed by atoms with Crippen LogP contribution in [0.2, 0.25) is 0 Å². The second kappa shape index (κ2) is 7.58. The molecule has 0 amide bonds. The maximum Gasteiger partial charge on any atom is 0.161 e. The molecule has 0 bridgehead atoms. The SMILES string of the molecule is COc1ccccc1OC1CN(Cc2ccc(-c3ccccn3)cc2)C1. The van der Waals surface area contributed by atoms with Crippen molar-refractivity contribution in [2.75, 3.05) is 20.2 Å². The lowest BCUT2D eigenvalue weighted by Gasteiger charge is -2.39. The minimum absolute atomic E-state index is 0.221. The van der Waals surface area contributed by atoms with Crippen LogP contribution in [0.15, 0.2) is 72.9 Å². The molecule has 2 aromatic carbocycles. The molecule has 4 heteroatoms. The summed E-state index contributed by atoms with van der Waals surface area (Å²) >= 11 is 0. The van der Waals surface area contributed by atoms with E-state index in [1.165, 1.54) is 5.56 Å². The molecule has 4 nitrogen and oxygen atoms in total. The summed E-state index contributed by atoms with van der Waals surface area (Å²) in [5.41, 5.74) is 3.46. The summed E-state index contributed by atoms with van der Waals surface area (Å²) in [6.45, 7) is 2.80. The lowest BCUT2D eigenvalue weighted by Crippen LogP contribution is -2.53. The van der Waals surface area contributed by atoms with E-state index in [9.17, 15) is 0 Å². The Hall–Kier alpha value is -2.85. The topological polar surface area (TPSA) is 34.6 Å². The van der Waals surface area contributed by atoms with Gasteiger partial charge >= 0.3 is 0 Å². The highest BCUT2D eigenvalue weighted by atomic mass is 16.5. The van der Waals surface area contributed by atoms with E-state index >= 15 is 0 Å². The highest BCUT2D eigenvalue weighted by Gasteiger charge is 2.29. The average Bonchev–Trinajstić information content (AvgIpc) is 2.68. The number of hydrogen-bond donors (Lipinski definition) is 0. The van der Waals surface area contributed by atoms with Gasteiger partial charge in [0.05, 0.1) is 12.8 Å². The molecule has 4 rings (SSSR count). The summed E-state index contributed by atoms with van der Waals surface area (Å²) in [6.07, 6.45) is 2.05. The van der Waals surface area contributed by atoms with Crippen molar-refractivity contribution in [1.29, 1.82) is 0 Å². The number of aromatic nitrogens is 1. The van der Waals surface area contributed by atoms with Gasteiger partial charge in [-0.15, -0.1) is 0 Å². The van der Waals surface area contributed by atoms with Crippen molar-refractivity contribution in [2.24, 2.45) is 0 Å². The molecule has 2 heterocycles. The van der Waals surface area contributed by atoms with Crippen molar-refractivity contribution in [3.05, 3.63) is 78.5 Å². The summed E-state index contributed by atoms with van der Waals surface area (Å²) in [7, 11) is 1.67. The van der Waals surface area contributed by atoms with E-state index in [4.69, 9.17) is 9.47 Å². The second-order valence-electron chi connectivity index (χ2n) is 6.50. The van der Waals surface area contributed by atoms with E-state index < -0.39 is 0 Å². The Morgan fingerprint density at radius 3 is 2.35 bits per heavy atom. The zero-order valence-corrected chi connectivity index (χ0v) is 14.8. The highest BCUT2D eigenvalue weighted by molar-refractivity contribution is 5.59. The maximum absolute atomic E-state index is 6.04. The molecular formula is C22H22N2O2. The third-order valence-electron chi connectivity index (χ3n) is 4.61. The Bertz CT molecular complexity index is 844. The first kappa shape index (κ1) is 16.6. The first-order chi connectivity index (χ1) is 12.8. The molecule has 1 aliphatic heterocycles. The van der Waals surface area contributed by atoms with E-state index in [1.807, 2.05) is 48.7 Å². The van der Waals surface area contributed by atoms with Crippen LogP contribution in [0.5, 0.6) is 11.5 Å². The molecule has 0 saturated carbocycles. The van der Waals surface area contributed by atoms with Gasteiger partial charge < -0.3 is 9.47 Å². The second-order valence-corrected chi connectivity index (χ2v) is 6.50. The first-order valence-electron chi connectivity index (χ1n) is 8.84. The van der Waals surface area contributed by atoms with Crippen LogP contribution in [-0.2, 0) is 6.54 Å². The number of nitrogens with zero attached hydrogens (tertiary/aromatic N) is 2. The molecule has 0 radical (unpaired) electrons. The van der Waals surface area contributed by atoms with Gasteiger partial charge in [-0.25, -0.2) is 0 Å². The lowest BCUT2D eigenvalue weighted by molar-refractivity contribution is 0.0131. The van der Waals surface area contributed by atoms with Crippen LogP contribution in [0.25, 0.3) is 11.3 Å². The third kappa shape index (κ3) is 3.70. The Balaban J connectivity index is 1.30. The normalized spacial score (nSPS) is 14.7. The molecule has 0 atom stereocenters. The standard InChI is InChI=1S/C22H22N2O2/c1-25-21-7-2-3-8-22(21)26-19-15-24(16-19)14-17-9-11-18(12-10-17)20-6-4-5-13-23-20/h2-13,19H,14-16H2,1H3. The van der Waals surface area contributed by atoms with Crippen molar-refractivity contribution in [3.8, 4) is 22.8 Å². The predicted molar refractivity (Wildman–Crippen MR) is 102 cm³/mol. The summed E-state index contributed by atoms with van der Waals surface area (Å²) in [5, 5.41) is 0. The van der Waals surface area contributed by atoms with Crippen LogP contribution < -0.4 is 9.47 Å². The Morgan fingerprint density at radius 2 is 1.65 bits per heavy atom. The van der Waals surface area contributed by atoms with Crippen LogP contribution in [0.1, 0.15) is 5.56 Å². The number of ether oxygens (including phenoxy) is 2. The number of likely N-dealkylation sites (tertiary alicyclic amines) is 1. The van der Waals surface area contributed by atoms with E-state index in [2.05, 4.69) is 34.1 Å². The van der Waals surface area contributed by atoms with Crippen molar-refractivity contribution in [3.63, 3.8) is 0 Å². The minimum atomic E-state index is 0.221. The van der Waals surface area contributed by atoms with Gasteiger partial charge in [0.2, 0.25) is 0 Å². The molecule has 1 aromatic heterocycles. The Morgan fingerprint density at radius 1 is 0.923 bits per heavy atom. The average molecular weight is 346 g/mol. The maximum atomic E-state index is 6.04. The van der Waals surface area contributed by atoms with Gasteiger partial charge in [0, 0.05) is 31.4 Å². The van der Waals surface area contributed by atoms with Crippen LogP contribution in [-0.4, -0.2) is 36.2 Å². The van der Waals surface area contributed by atoms with Gasteiger partial charge in [0.1, 0.15) is 6.10 Å². The molecular weight excluding hydrogens is 324 g/mol. The summed E-state index contributed by atoms with van der Waals surface area (Å²) < 4.78 is 11.4. The Labute approximate surface area is 154 Å². The van der Waals surface area contributed by atoms with E-state index in [1.54, 1.807) is 7.11 Å².